The summed E-state index contributed by atoms with van der Waals surface area (Å²) in [6.45, 7) is 6.11. The first kappa shape index (κ1) is 23.6. The van der Waals surface area contributed by atoms with Crippen LogP contribution in [0.5, 0.6) is 5.75 Å². The molecule has 0 saturated heterocycles. The van der Waals surface area contributed by atoms with Gasteiger partial charge >= 0.3 is 0 Å². The monoisotopic (exact) mass is 482 g/mol. The molecule has 0 bridgehead atoms. The quantitative estimate of drug-likeness (QED) is 0.275. The van der Waals surface area contributed by atoms with Crippen molar-refractivity contribution in [2.24, 2.45) is 5.10 Å². The fraction of sp³-hybridized carbons (Fsp3) is 0.214. The van der Waals surface area contributed by atoms with Crippen molar-refractivity contribution in [3.05, 3.63) is 107 Å². The van der Waals surface area contributed by atoms with E-state index < -0.39 is 5.60 Å². The smallest absolute Gasteiger partial charge is 0.171 e. The maximum Gasteiger partial charge on any atom is 0.171 e. The molecule has 0 spiro atoms. The van der Waals surface area contributed by atoms with Crippen LogP contribution in [0.2, 0.25) is 0 Å². The van der Waals surface area contributed by atoms with Crippen molar-refractivity contribution in [1.29, 1.82) is 0 Å². The van der Waals surface area contributed by atoms with Gasteiger partial charge in [-0.15, -0.1) is 10.6 Å². The Morgan fingerprint density at radius 3 is 2.22 bits per heavy atom. The molecule has 0 unspecified atom stereocenters. The highest BCUT2D eigenvalue weighted by Gasteiger charge is 2.21. The SMILES string of the molecule is Cc1nc(C(C)(C)O)cn1Cc1ccc(-c2cc(Cc3ccc(O)cc3)ccc2C2=NNNN2)cc1. The van der Waals surface area contributed by atoms with Crippen LogP contribution in [0.15, 0.2) is 78.0 Å². The van der Waals surface area contributed by atoms with Gasteiger partial charge in [-0.2, -0.15) is 0 Å². The molecular formula is C28H30N6O2. The van der Waals surface area contributed by atoms with E-state index in [4.69, 9.17) is 0 Å². The molecule has 0 radical (unpaired) electrons. The predicted octanol–water partition coefficient (Wildman–Crippen LogP) is 3.70. The average Bonchev–Trinajstić information content (AvgIpc) is 3.51. The minimum atomic E-state index is -0.970. The third-order valence-electron chi connectivity index (χ3n) is 6.31. The number of phenols is 1. The van der Waals surface area contributed by atoms with Gasteiger partial charge in [-0.3, -0.25) is 5.43 Å². The van der Waals surface area contributed by atoms with E-state index in [2.05, 4.69) is 73.6 Å². The van der Waals surface area contributed by atoms with Crippen molar-refractivity contribution in [3.8, 4) is 16.9 Å². The van der Waals surface area contributed by atoms with Gasteiger partial charge < -0.3 is 14.8 Å². The highest BCUT2D eigenvalue weighted by atomic mass is 16.3. The first-order valence-corrected chi connectivity index (χ1v) is 11.9. The third-order valence-corrected chi connectivity index (χ3v) is 6.31. The minimum absolute atomic E-state index is 0.266. The lowest BCUT2D eigenvalue weighted by Gasteiger charge is -2.14. The number of benzene rings is 3. The Bertz CT molecular complexity index is 1400. The van der Waals surface area contributed by atoms with E-state index in [1.165, 1.54) is 0 Å². The van der Waals surface area contributed by atoms with Gasteiger partial charge in [-0.05, 0) is 67.1 Å². The van der Waals surface area contributed by atoms with E-state index in [9.17, 15) is 10.2 Å². The molecule has 1 aromatic heterocycles. The average molecular weight is 483 g/mol. The lowest BCUT2D eigenvalue weighted by molar-refractivity contribution is 0.0741. The summed E-state index contributed by atoms with van der Waals surface area (Å²) in [5, 5.41) is 24.2. The number of phenolic OH excluding ortho intramolecular Hbond substituents is 1. The molecule has 3 aromatic carbocycles. The Kier molecular flexibility index (Phi) is 6.22. The van der Waals surface area contributed by atoms with Crippen molar-refractivity contribution in [2.45, 2.75) is 39.3 Å². The molecule has 0 fully saturated rings. The van der Waals surface area contributed by atoms with Crippen molar-refractivity contribution in [1.82, 2.24) is 26.0 Å². The zero-order valence-corrected chi connectivity index (χ0v) is 20.6. The Hall–Kier alpha value is -4.14. The Labute approximate surface area is 210 Å². The number of aromatic hydroxyl groups is 1. The first-order valence-electron chi connectivity index (χ1n) is 11.9. The number of aryl methyl sites for hydroxylation is 1. The molecular weight excluding hydrogens is 452 g/mol. The fourth-order valence-corrected chi connectivity index (χ4v) is 4.27. The summed E-state index contributed by atoms with van der Waals surface area (Å²) in [4.78, 5) is 4.51. The molecule has 1 aliphatic rings. The van der Waals surface area contributed by atoms with E-state index in [1.807, 2.05) is 25.3 Å². The summed E-state index contributed by atoms with van der Waals surface area (Å²) in [5.41, 5.74) is 14.9. The molecule has 8 heteroatoms. The molecule has 5 rings (SSSR count). The van der Waals surface area contributed by atoms with Crippen LogP contribution in [0.3, 0.4) is 0 Å². The van der Waals surface area contributed by atoms with Crippen molar-refractivity contribution in [3.63, 3.8) is 0 Å². The summed E-state index contributed by atoms with van der Waals surface area (Å²) in [6, 6.07) is 22.2. The number of imidazole rings is 1. The number of nitrogens with one attached hydrogen (secondary N) is 3. The second-order valence-corrected chi connectivity index (χ2v) is 9.60. The number of amidine groups is 1. The van der Waals surface area contributed by atoms with Gasteiger partial charge in [0.05, 0.1) is 5.69 Å². The second-order valence-electron chi connectivity index (χ2n) is 9.60. The molecule has 0 aliphatic carbocycles. The van der Waals surface area contributed by atoms with Gasteiger partial charge in [0.1, 0.15) is 17.2 Å². The zero-order chi connectivity index (χ0) is 25.3. The van der Waals surface area contributed by atoms with Gasteiger partial charge in [0.25, 0.3) is 0 Å². The van der Waals surface area contributed by atoms with E-state index >= 15 is 0 Å². The number of rotatable bonds is 7. The first-order chi connectivity index (χ1) is 17.3. The Morgan fingerprint density at radius 2 is 1.58 bits per heavy atom. The van der Waals surface area contributed by atoms with Crippen molar-refractivity contribution < 1.29 is 10.2 Å². The molecule has 2 heterocycles. The summed E-state index contributed by atoms with van der Waals surface area (Å²) >= 11 is 0. The van der Waals surface area contributed by atoms with Gasteiger partial charge in [0, 0.05) is 18.3 Å². The van der Waals surface area contributed by atoms with Crippen LogP contribution in [0, 0.1) is 6.92 Å². The fourth-order valence-electron chi connectivity index (χ4n) is 4.27. The zero-order valence-electron chi connectivity index (χ0n) is 20.6. The normalized spacial score (nSPS) is 13.3. The van der Waals surface area contributed by atoms with Gasteiger partial charge in [0.2, 0.25) is 0 Å². The number of aliphatic hydroxyl groups is 1. The lowest BCUT2D eigenvalue weighted by atomic mass is 9.93. The van der Waals surface area contributed by atoms with E-state index in [1.54, 1.807) is 26.0 Å². The van der Waals surface area contributed by atoms with Crippen molar-refractivity contribution >= 4 is 5.84 Å². The van der Waals surface area contributed by atoms with Gasteiger partial charge in [-0.1, -0.05) is 54.6 Å². The van der Waals surface area contributed by atoms with Crippen LogP contribution in [0.25, 0.3) is 11.1 Å². The molecule has 184 valence electrons. The van der Waals surface area contributed by atoms with Crippen LogP contribution < -0.4 is 16.5 Å². The molecule has 5 N–H and O–H groups in total. The van der Waals surface area contributed by atoms with E-state index in [0.29, 0.717) is 12.2 Å². The number of aromatic nitrogens is 2. The summed E-state index contributed by atoms with van der Waals surface area (Å²) < 4.78 is 2.06. The maximum atomic E-state index is 10.3. The summed E-state index contributed by atoms with van der Waals surface area (Å²) in [6.07, 6.45) is 2.67. The Balaban J connectivity index is 1.44. The number of hydrazine groups is 2. The topological polar surface area (TPSA) is 107 Å². The molecule has 8 nitrogen and oxygen atoms in total. The second kappa shape index (κ2) is 9.49. The predicted molar refractivity (Wildman–Crippen MR) is 140 cm³/mol. The molecule has 0 saturated carbocycles. The lowest BCUT2D eigenvalue weighted by Crippen LogP contribution is -2.35. The van der Waals surface area contributed by atoms with Gasteiger partial charge in [0.15, 0.2) is 5.84 Å². The highest BCUT2D eigenvalue weighted by Crippen LogP contribution is 2.28. The molecule has 1 aliphatic heterocycles. The van der Waals surface area contributed by atoms with Crippen LogP contribution in [-0.2, 0) is 18.6 Å². The summed E-state index contributed by atoms with van der Waals surface area (Å²) in [5.74, 6) is 1.85. The number of hydrazone groups is 1. The standard InChI is InChI=1S/C28H30N6O2/c1-18-29-26(28(2,3)36)17-34(18)16-20-4-9-22(10-5-20)25-15-21(14-19-6-11-23(35)12-7-19)8-13-24(25)27-30-32-33-31-27/h4-13,15,17,32-33,35-36H,14,16H2,1-3H3,(H,30,31). The third kappa shape index (κ3) is 5.10. The van der Waals surface area contributed by atoms with Gasteiger partial charge in [-0.25, -0.2) is 10.5 Å². The molecule has 4 aromatic rings. The number of hydrogen-bond acceptors (Lipinski definition) is 7. The maximum absolute atomic E-state index is 10.3. The molecule has 0 atom stereocenters. The van der Waals surface area contributed by atoms with Crippen LogP contribution >= 0.6 is 0 Å². The molecule has 36 heavy (non-hydrogen) atoms. The van der Waals surface area contributed by atoms with E-state index in [-0.39, 0.29) is 5.75 Å². The van der Waals surface area contributed by atoms with Crippen LogP contribution in [-0.4, -0.2) is 25.6 Å². The van der Waals surface area contributed by atoms with Crippen molar-refractivity contribution in [2.75, 3.05) is 0 Å². The van der Waals surface area contributed by atoms with Crippen LogP contribution in [0.4, 0.5) is 0 Å². The summed E-state index contributed by atoms with van der Waals surface area (Å²) in [7, 11) is 0. The largest absolute Gasteiger partial charge is 0.508 e. The highest BCUT2D eigenvalue weighted by molar-refractivity contribution is 6.04. The number of hydrogen-bond donors (Lipinski definition) is 5. The van der Waals surface area contributed by atoms with Crippen LogP contribution in [0.1, 0.15) is 47.6 Å². The minimum Gasteiger partial charge on any atom is -0.508 e. The number of nitrogens with zero attached hydrogens (tertiary/aromatic N) is 3. The van der Waals surface area contributed by atoms with E-state index in [0.717, 1.165) is 51.5 Å². The Morgan fingerprint density at radius 1 is 0.889 bits per heavy atom. The molecule has 0 amide bonds.